The number of carbonyl (C=O) groups is 1. The summed E-state index contributed by atoms with van der Waals surface area (Å²) in [6, 6.07) is 21.6. The van der Waals surface area contributed by atoms with Gasteiger partial charge in [-0.2, -0.15) is 16.9 Å². The highest BCUT2D eigenvalue weighted by atomic mass is 35.5. The molecule has 0 spiro atoms. The Hall–Kier alpha value is -3.01. The van der Waals surface area contributed by atoms with Crippen LogP contribution in [0.3, 0.4) is 0 Å². The first-order valence-electron chi connectivity index (χ1n) is 10.4. The molecule has 3 aromatic carbocycles. The van der Waals surface area contributed by atoms with Gasteiger partial charge in [0.2, 0.25) is 0 Å². The van der Waals surface area contributed by atoms with Crippen LogP contribution in [0, 0.1) is 0 Å². The maximum Gasteiger partial charge on any atom is 0.264 e. The molecular formula is C24H22ClN3O4S2. The van der Waals surface area contributed by atoms with Gasteiger partial charge in [-0.05, 0) is 54.1 Å². The minimum Gasteiger partial charge on any atom is -0.489 e. The fourth-order valence-electron chi connectivity index (χ4n) is 3.13. The summed E-state index contributed by atoms with van der Waals surface area (Å²) in [5, 5.41) is 4.40. The second kappa shape index (κ2) is 10.9. The minimum atomic E-state index is -4.01. The first-order chi connectivity index (χ1) is 16.4. The Kier molecular flexibility index (Phi) is 7.77. The third-order valence-corrected chi connectivity index (χ3v) is 8.16. The molecule has 1 N–H and O–H groups in total. The molecule has 0 aromatic heterocycles. The summed E-state index contributed by atoms with van der Waals surface area (Å²) < 4.78 is 33.4. The van der Waals surface area contributed by atoms with Gasteiger partial charge in [0.25, 0.3) is 15.9 Å². The van der Waals surface area contributed by atoms with Gasteiger partial charge in [-0.25, -0.2) is 13.8 Å². The third-order valence-electron chi connectivity index (χ3n) is 4.90. The molecule has 1 aliphatic rings. The number of para-hydroxylation sites is 1. The van der Waals surface area contributed by atoms with Gasteiger partial charge in [0.1, 0.15) is 18.4 Å². The van der Waals surface area contributed by atoms with Crippen molar-refractivity contribution < 1.29 is 17.9 Å². The van der Waals surface area contributed by atoms with Gasteiger partial charge >= 0.3 is 0 Å². The van der Waals surface area contributed by atoms with Crippen molar-refractivity contribution in [2.24, 2.45) is 5.10 Å². The number of halogens is 1. The lowest BCUT2D eigenvalue weighted by Crippen LogP contribution is -2.39. The lowest BCUT2D eigenvalue weighted by molar-refractivity contribution is -0.119. The van der Waals surface area contributed by atoms with E-state index in [9.17, 15) is 13.2 Å². The van der Waals surface area contributed by atoms with Gasteiger partial charge in [0.05, 0.1) is 16.8 Å². The minimum absolute atomic E-state index is 0.0266. The SMILES string of the molecule is O=C(CN(c1ccccc1)S(=O)(=O)c1ccc(Cl)cc1)N/N=C\c1cccc(OC2CSC2)c1. The normalized spacial score (nSPS) is 13.9. The summed E-state index contributed by atoms with van der Waals surface area (Å²) in [7, 11) is -4.01. The van der Waals surface area contributed by atoms with Crippen LogP contribution in [0.1, 0.15) is 5.56 Å². The molecule has 34 heavy (non-hydrogen) atoms. The van der Waals surface area contributed by atoms with Crippen molar-refractivity contribution in [3.63, 3.8) is 0 Å². The molecule has 1 aliphatic heterocycles. The monoisotopic (exact) mass is 515 g/mol. The van der Waals surface area contributed by atoms with Crippen LogP contribution in [-0.2, 0) is 14.8 Å². The number of anilines is 1. The summed E-state index contributed by atoms with van der Waals surface area (Å²) >= 11 is 7.74. The Morgan fingerprint density at radius 2 is 1.82 bits per heavy atom. The van der Waals surface area contributed by atoms with Crippen LogP contribution in [0.15, 0.2) is 88.9 Å². The average molecular weight is 516 g/mol. The maximum absolute atomic E-state index is 13.3. The molecule has 1 saturated heterocycles. The van der Waals surface area contributed by atoms with Crippen LogP contribution < -0.4 is 14.5 Å². The number of hydrogen-bond donors (Lipinski definition) is 1. The summed E-state index contributed by atoms with van der Waals surface area (Å²) in [5.74, 6) is 2.11. The maximum atomic E-state index is 13.3. The van der Waals surface area contributed by atoms with Gasteiger partial charge in [0, 0.05) is 16.5 Å². The van der Waals surface area contributed by atoms with Gasteiger partial charge < -0.3 is 4.74 Å². The standard InChI is InChI=1S/C24H22ClN3O4S2/c25-19-9-11-23(12-10-19)34(30,31)28(20-6-2-1-3-7-20)15-24(29)27-26-14-18-5-4-8-21(13-18)32-22-16-33-17-22/h1-14,22H,15-17H2,(H,27,29)/b26-14-. The van der Waals surface area contributed by atoms with Gasteiger partial charge in [-0.1, -0.05) is 41.9 Å². The number of carbonyl (C=O) groups excluding carboxylic acids is 1. The lowest BCUT2D eigenvalue weighted by atomic mass is 10.2. The Morgan fingerprint density at radius 1 is 1.09 bits per heavy atom. The first kappa shape index (κ1) is 24.1. The Bertz CT molecular complexity index is 1260. The number of benzene rings is 3. The largest absolute Gasteiger partial charge is 0.489 e. The number of ether oxygens (including phenoxy) is 1. The van der Waals surface area contributed by atoms with Crippen LogP contribution in [-0.4, -0.2) is 44.7 Å². The molecule has 1 amide bonds. The number of hydrazone groups is 1. The van der Waals surface area contributed by atoms with E-state index < -0.39 is 22.5 Å². The van der Waals surface area contributed by atoms with E-state index in [0.29, 0.717) is 10.7 Å². The van der Waals surface area contributed by atoms with Crippen molar-refractivity contribution in [2.75, 3.05) is 22.4 Å². The fourth-order valence-corrected chi connectivity index (χ4v) is 5.24. The Labute approximate surface area is 207 Å². The molecule has 7 nitrogen and oxygen atoms in total. The van der Waals surface area contributed by atoms with Crippen molar-refractivity contribution in [1.29, 1.82) is 0 Å². The van der Waals surface area contributed by atoms with E-state index in [4.69, 9.17) is 16.3 Å². The van der Waals surface area contributed by atoms with E-state index in [1.807, 2.05) is 36.0 Å². The smallest absolute Gasteiger partial charge is 0.264 e. The third kappa shape index (κ3) is 6.11. The molecule has 4 rings (SSSR count). The summed E-state index contributed by atoms with van der Waals surface area (Å²) in [6.07, 6.45) is 1.71. The molecule has 0 bridgehead atoms. The summed E-state index contributed by atoms with van der Waals surface area (Å²) in [5.41, 5.74) is 3.51. The van der Waals surface area contributed by atoms with Gasteiger partial charge in [-0.15, -0.1) is 0 Å². The summed E-state index contributed by atoms with van der Waals surface area (Å²) in [4.78, 5) is 12.7. The zero-order chi connectivity index (χ0) is 24.0. The number of hydrogen-bond acceptors (Lipinski definition) is 6. The highest BCUT2D eigenvalue weighted by Crippen LogP contribution is 2.25. The van der Waals surface area contributed by atoms with E-state index >= 15 is 0 Å². The second-order valence-corrected chi connectivity index (χ2v) is 10.8. The average Bonchev–Trinajstić information content (AvgIpc) is 2.81. The number of sulfonamides is 1. The Balaban J connectivity index is 1.46. The molecule has 0 atom stereocenters. The Morgan fingerprint density at radius 3 is 2.50 bits per heavy atom. The summed E-state index contributed by atoms with van der Waals surface area (Å²) in [6.45, 7) is -0.450. The van der Waals surface area contributed by atoms with Crippen LogP contribution in [0.2, 0.25) is 5.02 Å². The van der Waals surface area contributed by atoms with Crippen molar-refractivity contribution >= 4 is 51.2 Å². The fraction of sp³-hybridized carbons (Fsp3) is 0.167. The first-order valence-corrected chi connectivity index (χ1v) is 13.4. The van der Waals surface area contributed by atoms with E-state index in [0.717, 1.165) is 27.1 Å². The van der Waals surface area contributed by atoms with Crippen molar-refractivity contribution in [3.8, 4) is 5.75 Å². The zero-order valence-corrected chi connectivity index (χ0v) is 20.4. The molecule has 0 saturated carbocycles. The molecule has 1 heterocycles. The van der Waals surface area contributed by atoms with Crippen molar-refractivity contribution in [1.82, 2.24) is 5.43 Å². The van der Waals surface area contributed by atoms with Crippen LogP contribution >= 0.6 is 23.4 Å². The number of amides is 1. The molecular weight excluding hydrogens is 494 g/mol. The van der Waals surface area contributed by atoms with Crippen molar-refractivity contribution in [2.45, 2.75) is 11.0 Å². The topological polar surface area (TPSA) is 88.1 Å². The number of thioether (sulfide) groups is 1. The predicted molar refractivity (Wildman–Crippen MR) is 136 cm³/mol. The molecule has 0 unspecified atom stereocenters. The predicted octanol–water partition coefficient (Wildman–Crippen LogP) is 4.18. The number of nitrogens with one attached hydrogen (secondary N) is 1. The van der Waals surface area contributed by atoms with E-state index in [-0.39, 0.29) is 11.0 Å². The highest BCUT2D eigenvalue weighted by molar-refractivity contribution is 8.00. The van der Waals surface area contributed by atoms with Crippen molar-refractivity contribution in [3.05, 3.63) is 89.4 Å². The molecule has 176 valence electrons. The van der Waals surface area contributed by atoms with Gasteiger partial charge in [-0.3, -0.25) is 9.10 Å². The molecule has 3 aromatic rings. The second-order valence-electron chi connectivity index (χ2n) is 7.44. The van der Waals surface area contributed by atoms with Crippen LogP contribution in [0.4, 0.5) is 5.69 Å². The van der Waals surface area contributed by atoms with Gasteiger partial charge in [0.15, 0.2) is 0 Å². The van der Waals surface area contributed by atoms with Crippen LogP contribution in [0.25, 0.3) is 0 Å². The van der Waals surface area contributed by atoms with E-state index in [1.165, 1.54) is 30.5 Å². The van der Waals surface area contributed by atoms with E-state index in [2.05, 4.69) is 10.5 Å². The quantitative estimate of drug-likeness (QED) is 0.341. The number of nitrogens with zero attached hydrogens (tertiary/aromatic N) is 2. The van der Waals surface area contributed by atoms with Crippen LogP contribution in [0.5, 0.6) is 5.75 Å². The highest BCUT2D eigenvalue weighted by Gasteiger charge is 2.27. The molecule has 1 fully saturated rings. The molecule has 10 heteroatoms. The molecule has 0 radical (unpaired) electrons. The lowest BCUT2D eigenvalue weighted by Gasteiger charge is -2.25. The zero-order valence-electron chi connectivity index (χ0n) is 18.0. The number of rotatable bonds is 9. The van der Waals surface area contributed by atoms with E-state index in [1.54, 1.807) is 30.3 Å². The molecule has 0 aliphatic carbocycles.